The lowest BCUT2D eigenvalue weighted by molar-refractivity contribution is -0.119. The first-order chi connectivity index (χ1) is 12.2. The Kier molecular flexibility index (Phi) is 4.78. The Labute approximate surface area is 150 Å². The summed E-state index contributed by atoms with van der Waals surface area (Å²) in [6, 6.07) is 6.02. The topological polar surface area (TPSA) is 49.4 Å². The van der Waals surface area contributed by atoms with E-state index in [9.17, 15) is 9.59 Å². The maximum atomic E-state index is 12.4. The predicted molar refractivity (Wildman–Crippen MR) is 99.7 cm³/mol. The Morgan fingerprint density at radius 1 is 1.08 bits per heavy atom. The van der Waals surface area contributed by atoms with Crippen molar-refractivity contribution < 1.29 is 9.59 Å². The number of amides is 2. The smallest absolute Gasteiger partial charge is 0.230 e. The fraction of sp³-hybridized carbons (Fsp3) is 0.619. The van der Waals surface area contributed by atoms with Crippen LogP contribution < -0.4 is 10.2 Å². The molecular weight excluding hydrogens is 312 g/mol. The Hall–Kier alpha value is -1.84. The van der Waals surface area contributed by atoms with Crippen LogP contribution >= 0.6 is 0 Å². The van der Waals surface area contributed by atoms with Crippen molar-refractivity contribution in [1.29, 1.82) is 0 Å². The molecule has 0 bridgehead atoms. The van der Waals surface area contributed by atoms with Gasteiger partial charge >= 0.3 is 0 Å². The van der Waals surface area contributed by atoms with Gasteiger partial charge < -0.3 is 10.2 Å². The van der Waals surface area contributed by atoms with Gasteiger partial charge in [0.15, 0.2) is 0 Å². The summed E-state index contributed by atoms with van der Waals surface area (Å²) in [7, 11) is 0. The Bertz CT molecular complexity index is 660. The summed E-state index contributed by atoms with van der Waals surface area (Å²) >= 11 is 0. The van der Waals surface area contributed by atoms with Crippen LogP contribution in [0.2, 0.25) is 0 Å². The maximum absolute atomic E-state index is 12.4. The molecule has 4 nitrogen and oxygen atoms in total. The lowest BCUT2D eigenvalue weighted by Crippen LogP contribution is -2.30. The second-order valence-electron chi connectivity index (χ2n) is 7.95. The van der Waals surface area contributed by atoms with E-state index in [1.54, 1.807) is 0 Å². The number of hydrogen-bond acceptors (Lipinski definition) is 2. The zero-order valence-corrected chi connectivity index (χ0v) is 14.9. The third-order valence-corrected chi connectivity index (χ3v) is 5.96. The number of hydrogen-bond donors (Lipinski definition) is 1. The molecule has 0 unspecified atom stereocenters. The second kappa shape index (κ2) is 7.19. The number of fused-ring (bicyclic) bond motifs is 1. The van der Waals surface area contributed by atoms with Crippen LogP contribution in [0, 0.1) is 11.8 Å². The number of carbonyl (C=O) groups excluding carboxylic acids is 2. The van der Waals surface area contributed by atoms with Gasteiger partial charge in [0.05, 0.1) is 0 Å². The minimum atomic E-state index is 0.101. The molecule has 25 heavy (non-hydrogen) atoms. The molecule has 0 atom stereocenters. The van der Waals surface area contributed by atoms with Gasteiger partial charge in [0.1, 0.15) is 0 Å². The molecule has 1 aromatic carbocycles. The van der Waals surface area contributed by atoms with E-state index in [4.69, 9.17) is 0 Å². The quantitative estimate of drug-likeness (QED) is 0.869. The summed E-state index contributed by atoms with van der Waals surface area (Å²) in [5, 5.41) is 3.04. The third kappa shape index (κ3) is 3.88. The summed E-state index contributed by atoms with van der Waals surface area (Å²) < 4.78 is 0. The average molecular weight is 340 g/mol. The number of benzene rings is 1. The molecule has 0 spiro atoms. The maximum Gasteiger partial charge on any atom is 0.230 e. The molecule has 1 N–H and O–H groups in total. The number of rotatable bonds is 5. The van der Waals surface area contributed by atoms with Crippen molar-refractivity contribution in [2.45, 2.75) is 64.2 Å². The Morgan fingerprint density at radius 3 is 2.64 bits per heavy atom. The Balaban J connectivity index is 1.35. The first-order valence-electron chi connectivity index (χ1n) is 9.95. The molecule has 134 valence electrons. The molecule has 0 saturated heterocycles. The monoisotopic (exact) mass is 340 g/mol. The number of carbonyl (C=O) groups is 2. The predicted octanol–water partition coefficient (Wildman–Crippen LogP) is 4.28. The molecule has 2 fully saturated rings. The summed E-state index contributed by atoms with van der Waals surface area (Å²) in [4.78, 5) is 26.6. The molecule has 0 aromatic heterocycles. The van der Waals surface area contributed by atoms with E-state index in [0.29, 0.717) is 6.42 Å². The molecule has 2 saturated carbocycles. The van der Waals surface area contributed by atoms with Crippen molar-refractivity contribution in [3.8, 4) is 0 Å². The first kappa shape index (κ1) is 16.6. The Morgan fingerprint density at radius 2 is 1.88 bits per heavy atom. The molecule has 1 aromatic rings. The van der Waals surface area contributed by atoms with Gasteiger partial charge in [-0.2, -0.15) is 0 Å². The van der Waals surface area contributed by atoms with E-state index in [2.05, 4.69) is 11.4 Å². The van der Waals surface area contributed by atoms with Gasteiger partial charge in [-0.05, 0) is 49.3 Å². The standard InChI is InChI=1S/C21H28N2O2/c24-20(11-6-15-4-2-1-3-5-15)22-18-10-9-16-12-13-23(19(16)14-18)21(25)17-7-8-17/h9-10,14-15,17H,1-8,11-13H2,(H,22,24). The van der Waals surface area contributed by atoms with Gasteiger partial charge in [-0.3, -0.25) is 9.59 Å². The van der Waals surface area contributed by atoms with E-state index in [-0.39, 0.29) is 17.7 Å². The van der Waals surface area contributed by atoms with Crippen LogP contribution in [-0.4, -0.2) is 18.4 Å². The lowest BCUT2D eigenvalue weighted by Gasteiger charge is -2.21. The number of nitrogens with zero attached hydrogens (tertiary/aromatic N) is 1. The van der Waals surface area contributed by atoms with Crippen LogP contribution in [-0.2, 0) is 16.0 Å². The highest BCUT2D eigenvalue weighted by Crippen LogP contribution is 2.37. The first-order valence-corrected chi connectivity index (χ1v) is 9.95. The molecule has 2 aliphatic carbocycles. The van der Waals surface area contributed by atoms with Crippen molar-refractivity contribution >= 4 is 23.2 Å². The molecule has 1 aliphatic heterocycles. The zero-order chi connectivity index (χ0) is 17.2. The summed E-state index contributed by atoms with van der Waals surface area (Å²) in [5.74, 6) is 1.33. The van der Waals surface area contributed by atoms with Gasteiger partial charge in [-0.1, -0.05) is 38.2 Å². The number of anilines is 2. The summed E-state index contributed by atoms with van der Waals surface area (Å²) in [6.07, 6.45) is 11.1. The van der Waals surface area contributed by atoms with Gasteiger partial charge in [0, 0.05) is 30.3 Å². The molecular formula is C21H28N2O2. The average Bonchev–Trinajstić information content (AvgIpc) is 3.40. The largest absolute Gasteiger partial charge is 0.326 e. The van der Waals surface area contributed by atoms with Crippen molar-refractivity contribution in [3.63, 3.8) is 0 Å². The molecule has 3 aliphatic rings. The van der Waals surface area contributed by atoms with Crippen molar-refractivity contribution in [2.24, 2.45) is 11.8 Å². The highest BCUT2D eigenvalue weighted by atomic mass is 16.2. The van der Waals surface area contributed by atoms with Gasteiger partial charge in [0.25, 0.3) is 0 Å². The van der Waals surface area contributed by atoms with Crippen molar-refractivity contribution in [1.82, 2.24) is 0 Å². The van der Waals surface area contributed by atoms with Crippen LogP contribution in [0.25, 0.3) is 0 Å². The summed E-state index contributed by atoms with van der Waals surface area (Å²) in [5.41, 5.74) is 3.04. The van der Waals surface area contributed by atoms with E-state index in [1.165, 1.54) is 37.7 Å². The molecule has 2 amide bonds. The van der Waals surface area contributed by atoms with Gasteiger partial charge in [-0.25, -0.2) is 0 Å². The fourth-order valence-corrected chi connectivity index (χ4v) is 4.27. The molecule has 0 radical (unpaired) electrons. The van der Waals surface area contributed by atoms with E-state index < -0.39 is 0 Å². The lowest BCUT2D eigenvalue weighted by atomic mass is 9.86. The van der Waals surface area contributed by atoms with E-state index in [0.717, 1.165) is 49.5 Å². The van der Waals surface area contributed by atoms with Crippen LogP contribution in [0.15, 0.2) is 18.2 Å². The third-order valence-electron chi connectivity index (χ3n) is 5.96. The zero-order valence-electron chi connectivity index (χ0n) is 14.9. The summed E-state index contributed by atoms with van der Waals surface area (Å²) in [6.45, 7) is 0.781. The molecule has 1 heterocycles. The fourth-order valence-electron chi connectivity index (χ4n) is 4.27. The van der Waals surface area contributed by atoms with Gasteiger partial charge in [-0.15, -0.1) is 0 Å². The number of nitrogens with one attached hydrogen (secondary N) is 1. The van der Waals surface area contributed by atoms with Crippen LogP contribution in [0.3, 0.4) is 0 Å². The second-order valence-corrected chi connectivity index (χ2v) is 7.95. The highest BCUT2D eigenvalue weighted by Gasteiger charge is 2.36. The van der Waals surface area contributed by atoms with Gasteiger partial charge in [0.2, 0.25) is 11.8 Å². The van der Waals surface area contributed by atoms with Crippen molar-refractivity contribution in [2.75, 3.05) is 16.8 Å². The van der Waals surface area contributed by atoms with Crippen LogP contribution in [0.4, 0.5) is 11.4 Å². The van der Waals surface area contributed by atoms with E-state index >= 15 is 0 Å². The van der Waals surface area contributed by atoms with Crippen LogP contribution in [0.1, 0.15) is 63.4 Å². The highest BCUT2D eigenvalue weighted by molar-refractivity contribution is 5.99. The minimum Gasteiger partial charge on any atom is -0.326 e. The molecule has 4 heteroatoms. The molecule has 4 rings (SSSR count). The van der Waals surface area contributed by atoms with Crippen molar-refractivity contribution in [3.05, 3.63) is 23.8 Å². The SMILES string of the molecule is O=C(CCC1CCCCC1)Nc1ccc2c(c1)N(C(=O)C1CC1)CC2. The van der Waals surface area contributed by atoms with E-state index in [1.807, 2.05) is 17.0 Å². The van der Waals surface area contributed by atoms with Crippen LogP contribution in [0.5, 0.6) is 0 Å². The minimum absolute atomic E-state index is 0.101. The normalized spacial score (nSPS) is 20.4.